The molecule has 1 unspecified atom stereocenters. The highest BCUT2D eigenvalue weighted by Gasteiger charge is 2.26. The van der Waals surface area contributed by atoms with Crippen LogP contribution >= 0.6 is 11.6 Å². The highest BCUT2D eigenvalue weighted by Crippen LogP contribution is 2.26. The molecule has 4 aromatic rings. The lowest BCUT2D eigenvalue weighted by Gasteiger charge is -2.30. The van der Waals surface area contributed by atoms with E-state index >= 15 is 0 Å². The number of benzene rings is 3. The van der Waals surface area contributed by atoms with Gasteiger partial charge in [-0.1, -0.05) is 60.1 Å². The summed E-state index contributed by atoms with van der Waals surface area (Å²) in [6.45, 7) is 6.16. The molecule has 0 aliphatic rings. The maximum Gasteiger partial charge on any atom is 0.322 e. The van der Waals surface area contributed by atoms with E-state index < -0.39 is 6.04 Å². The van der Waals surface area contributed by atoms with Crippen molar-refractivity contribution in [3.05, 3.63) is 105 Å². The summed E-state index contributed by atoms with van der Waals surface area (Å²) in [5.41, 5.74) is 4.04. The van der Waals surface area contributed by atoms with Crippen molar-refractivity contribution in [3.8, 4) is 0 Å². The van der Waals surface area contributed by atoms with Gasteiger partial charge in [-0.2, -0.15) is 0 Å². The van der Waals surface area contributed by atoms with Gasteiger partial charge in [0, 0.05) is 24.3 Å². The van der Waals surface area contributed by atoms with Crippen molar-refractivity contribution < 1.29 is 4.79 Å². The number of rotatable bonds is 5. The molecule has 0 saturated heterocycles. The Morgan fingerprint density at radius 3 is 2.41 bits per heavy atom. The molecule has 0 fully saturated rings. The number of aryl methyl sites for hydroxylation is 2. The lowest BCUT2D eigenvalue weighted by Crippen LogP contribution is -2.39. The third-order valence-electron chi connectivity index (χ3n) is 6.08. The molecule has 3 aromatic carbocycles. The largest absolute Gasteiger partial charge is 0.322 e. The number of hydrogen-bond acceptors (Lipinski definition) is 3. The molecule has 0 spiro atoms. The molecule has 7 heteroatoms. The highest BCUT2D eigenvalue weighted by molar-refractivity contribution is 6.31. The fourth-order valence-electron chi connectivity index (χ4n) is 4.13. The molecular weight excluding hydrogens is 448 g/mol. The minimum absolute atomic E-state index is 0.182. The number of carbonyl (C=O) groups is 1. The first kappa shape index (κ1) is 23.5. The quantitative estimate of drug-likeness (QED) is 0.385. The topological polar surface area (TPSA) is 67.2 Å². The number of fused-ring (bicyclic) bond motifs is 1. The van der Waals surface area contributed by atoms with Gasteiger partial charge in [0.2, 0.25) is 0 Å². The number of halogens is 1. The van der Waals surface area contributed by atoms with Crippen LogP contribution in [0.4, 0.5) is 10.5 Å². The van der Waals surface area contributed by atoms with Gasteiger partial charge >= 0.3 is 6.03 Å². The summed E-state index contributed by atoms with van der Waals surface area (Å²) in [4.78, 5) is 33.1. The van der Waals surface area contributed by atoms with Crippen LogP contribution in [0.15, 0.2) is 71.5 Å². The normalized spacial score (nSPS) is 11.9. The van der Waals surface area contributed by atoms with Crippen LogP contribution in [0.3, 0.4) is 0 Å². The second kappa shape index (κ2) is 9.69. The van der Waals surface area contributed by atoms with Gasteiger partial charge in [0.15, 0.2) is 0 Å². The van der Waals surface area contributed by atoms with Crippen LogP contribution in [-0.4, -0.2) is 20.5 Å². The molecule has 34 heavy (non-hydrogen) atoms. The zero-order valence-corrected chi connectivity index (χ0v) is 20.4. The molecule has 0 bridgehead atoms. The molecule has 1 N–H and O–H groups in total. The van der Waals surface area contributed by atoms with E-state index in [1.807, 2.05) is 69.3 Å². The number of nitrogens with one attached hydrogen (secondary N) is 1. The maximum absolute atomic E-state index is 13.6. The highest BCUT2D eigenvalue weighted by atomic mass is 35.5. The molecule has 0 aliphatic heterocycles. The average Bonchev–Trinajstić information content (AvgIpc) is 2.82. The average molecular weight is 475 g/mol. The Bertz CT molecular complexity index is 1400. The Morgan fingerprint density at radius 1 is 1.06 bits per heavy atom. The van der Waals surface area contributed by atoms with Gasteiger partial charge in [0.05, 0.1) is 16.9 Å². The van der Waals surface area contributed by atoms with Gasteiger partial charge in [-0.05, 0) is 55.7 Å². The SMILES string of the molecule is Cc1cccc(C)c1NC(=O)N(Cc1ccccc1)C(C)c1nc2cc(Cl)ccc2c(=O)n1C. The predicted molar refractivity (Wildman–Crippen MR) is 137 cm³/mol. The summed E-state index contributed by atoms with van der Waals surface area (Å²) < 4.78 is 1.51. The minimum Gasteiger partial charge on any atom is -0.310 e. The molecule has 174 valence electrons. The van der Waals surface area contributed by atoms with Crippen molar-refractivity contribution in [2.75, 3.05) is 5.32 Å². The van der Waals surface area contributed by atoms with Gasteiger partial charge in [-0.25, -0.2) is 9.78 Å². The number of amides is 2. The van der Waals surface area contributed by atoms with Gasteiger partial charge in [0.1, 0.15) is 5.82 Å². The Morgan fingerprint density at radius 2 is 1.74 bits per heavy atom. The van der Waals surface area contributed by atoms with Crippen LogP contribution in [0.2, 0.25) is 5.02 Å². The van der Waals surface area contributed by atoms with Crippen molar-refractivity contribution in [2.45, 2.75) is 33.4 Å². The van der Waals surface area contributed by atoms with Crippen molar-refractivity contribution in [2.24, 2.45) is 7.05 Å². The maximum atomic E-state index is 13.6. The van der Waals surface area contributed by atoms with Crippen molar-refractivity contribution in [3.63, 3.8) is 0 Å². The van der Waals surface area contributed by atoms with Gasteiger partial charge in [-0.15, -0.1) is 0 Å². The molecule has 6 nitrogen and oxygen atoms in total. The van der Waals surface area contributed by atoms with Gasteiger partial charge in [-0.3, -0.25) is 9.36 Å². The van der Waals surface area contributed by atoms with Crippen LogP contribution in [0.5, 0.6) is 0 Å². The fourth-order valence-corrected chi connectivity index (χ4v) is 4.30. The van der Waals surface area contributed by atoms with Gasteiger partial charge in [0.25, 0.3) is 5.56 Å². The van der Waals surface area contributed by atoms with Crippen molar-refractivity contribution >= 4 is 34.2 Å². The zero-order valence-electron chi connectivity index (χ0n) is 19.7. The van der Waals surface area contributed by atoms with Gasteiger partial charge < -0.3 is 10.2 Å². The molecule has 0 aliphatic carbocycles. The molecule has 2 amide bonds. The first-order chi connectivity index (χ1) is 16.3. The third-order valence-corrected chi connectivity index (χ3v) is 6.32. The summed E-state index contributed by atoms with van der Waals surface area (Å²) >= 11 is 6.16. The summed E-state index contributed by atoms with van der Waals surface area (Å²) in [5, 5.41) is 4.07. The molecular formula is C27H27ClN4O2. The first-order valence-corrected chi connectivity index (χ1v) is 11.5. The smallest absolute Gasteiger partial charge is 0.310 e. The van der Waals surface area contributed by atoms with E-state index in [9.17, 15) is 9.59 Å². The van der Waals surface area contributed by atoms with Crippen LogP contribution in [0, 0.1) is 13.8 Å². The summed E-state index contributed by atoms with van der Waals surface area (Å²) in [5.74, 6) is 0.479. The molecule has 1 aromatic heterocycles. The number of carbonyl (C=O) groups excluding carboxylic acids is 1. The number of nitrogens with zero attached hydrogens (tertiary/aromatic N) is 3. The monoisotopic (exact) mass is 474 g/mol. The van der Waals surface area contributed by atoms with Crippen LogP contribution in [0.1, 0.15) is 35.5 Å². The van der Waals surface area contributed by atoms with Crippen molar-refractivity contribution in [1.29, 1.82) is 0 Å². The minimum atomic E-state index is -0.495. The number of hydrogen-bond donors (Lipinski definition) is 1. The zero-order chi connectivity index (χ0) is 24.4. The summed E-state index contributed by atoms with van der Waals surface area (Å²) in [6, 6.07) is 19.9. The second-order valence-corrected chi connectivity index (χ2v) is 8.92. The molecule has 1 heterocycles. The summed E-state index contributed by atoms with van der Waals surface area (Å²) in [6.07, 6.45) is 0. The predicted octanol–water partition coefficient (Wildman–Crippen LogP) is 6.00. The van der Waals surface area contributed by atoms with Crippen LogP contribution in [-0.2, 0) is 13.6 Å². The standard InChI is InChI=1S/C27H27ClN4O2/c1-17-9-8-10-18(2)24(17)30-27(34)32(16-20-11-6-5-7-12-20)19(3)25-29-23-15-21(28)13-14-22(23)26(33)31(25)4/h5-15,19H,16H2,1-4H3,(H,30,34). The molecule has 0 saturated carbocycles. The van der Waals surface area contributed by atoms with E-state index in [1.54, 1.807) is 30.1 Å². The van der Waals surface area contributed by atoms with E-state index in [0.29, 0.717) is 28.3 Å². The Hall–Kier alpha value is -3.64. The summed E-state index contributed by atoms with van der Waals surface area (Å²) in [7, 11) is 1.68. The number of aromatic nitrogens is 2. The number of para-hydroxylation sites is 1. The lowest BCUT2D eigenvalue weighted by molar-refractivity contribution is 0.185. The third kappa shape index (κ3) is 4.68. The second-order valence-electron chi connectivity index (χ2n) is 8.48. The van der Waals surface area contributed by atoms with Crippen molar-refractivity contribution in [1.82, 2.24) is 14.5 Å². The van der Waals surface area contributed by atoms with E-state index in [4.69, 9.17) is 16.6 Å². The number of urea groups is 1. The van der Waals surface area contributed by atoms with Crippen LogP contribution < -0.4 is 10.9 Å². The van der Waals surface area contributed by atoms with E-state index in [2.05, 4.69) is 5.32 Å². The fraction of sp³-hybridized carbons (Fsp3) is 0.222. The molecule has 1 atom stereocenters. The lowest BCUT2D eigenvalue weighted by atomic mass is 10.1. The Labute approximate surface area is 203 Å². The van der Waals surface area contributed by atoms with E-state index in [0.717, 1.165) is 22.4 Å². The molecule has 0 radical (unpaired) electrons. The number of anilines is 1. The van der Waals surface area contributed by atoms with E-state index in [1.165, 1.54) is 4.57 Å². The first-order valence-electron chi connectivity index (χ1n) is 11.1. The molecule has 4 rings (SSSR count). The van der Waals surface area contributed by atoms with E-state index in [-0.39, 0.29) is 11.6 Å². The Kier molecular flexibility index (Phi) is 6.70. The van der Waals surface area contributed by atoms with Crippen LogP contribution in [0.25, 0.3) is 10.9 Å². The Balaban J connectivity index is 1.78.